The van der Waals surface area contributed by atoms with Crippen molar-refractivity contribution in [3.05, 3.63) is 72.9 Å². The van der Waals surface area contributed by atoms with Gasteiger partial charge in [0, 0.05) is 6.42 Å². The number of carbonyl (C=O) groups excluding carboxylic acids is 1. The van der Waals surface area contributed by atoms with Gasteiger partial charge in [-0.2, -0.15) is 0 Å². The van der Waals surface area contributed by atoms with E-state index in [1.165, 1.54) is 180 Å². The molecular weight excluding hydrogens is 735 g/mol. The lowest BCUT2D eigenvalue weighted by Crippen LogP contribution is -2.45. The molecule has 3 N–H and O–H groups in total. The second kappa shape index (κ2) is 51.2. The van der Waals surface area contributed by atoms with E-state index < -0.39 is 12.1 Å². The number of aliphatic hydroxyl groups is 2. The molecule has 1 amide bonds. The predicted octanol–water partition coefficient (Wildman–Crippen LogP) is 17.0. The molecule has 2 atom stereocenters. The zero-order valence-electron chi connectivity index (χ0n) is 40.0. The smallest absolute Gasteiger partial charge is 0.220 e. The van der Waals surface area contributed by atoms with E-state index in [0.717, 1.165) is 57.8 Å². The van der Waals surface area contributed by atoms with Gasteiger partial charge in [-0.25, -0.2) is 0 Å². The van der Waals surface area contributed by atoms with E-state index >= 15 is 0 Å². The number of hydrogen-bond donors (Lipinski definition) is 3. The van der Waals surface area contributed by atoms with Crippen LogP contribution >= 0.6 is 0 Å². The predicted molar refractivity (Wildman–Crippen MR) is 267 cm³/mol. The highest BCUT2D eigenvalue weighted by Crippen LogP contribution is 2.16. The summed E-state index contributed by atoms with van der Waals surface area (Å²) in [5, 5.41) is 23.0. The van der Waals surface area contributed by atoms with E-state index in [1.807, 2.05) is 6.08 Å². The highest BCUT2D eigenvalue weighted by Gasteiger charge is 2.17. The fourth-order valence-corrected chi connectivity index (χ4v) is 7.72. The van der Waals surface area contributed by atoms with Crippen LogP contribution in [0.15, 0.2) is 72.9 Å². The van der Waals surface area contributed by atoms with Gasteiger partial charge in [-0.05, 0) is 70.6 Å². The first-order chi connectivity index (χ1) is 29.7. The van der Waals surface area contributed by atoms with Crippen molar-refractivity contribution in [2.24, 2.45) is 0 Å². The Hall–Kier alpha value is -2.17. The molecule has 0 bridgehead atoms. The van der Waals surface area contributed by atoms with E-state index in [2.05, 4.69) is 79.9 Å². The van der Waals surface area contributed by atoms with Gasteiger partial charge >= 0.3 is 0 Å². The number of unbranched alkanes of at least 4 members (excludes halogenated alkanes) is 30. The van der Waals surface area contributed by atoms with Gasteiger partial charge in [0.05, 0.1) is 18.8 Å². The van der Waals surface area contributed by atoms with E-state index in [1.54, 1.807) is 6.08 Å². The van der Waals surface area contributed by atoms with Crippen LogP contribution < -0.4 is 5.32 Å². The molecule has 0 aromatic heterocycles. The summed E-state index contributed by atoms with van der Waals surface area (Å²) in [6.45, 7) is 4.18. The van der Waals surface area contributed by atoms with Gasteiger partial charge in [0.15, 0.2) is 0 Å². The molecular formula is C56H101NO3. The maximum Gasteiger partial charge on any atom is 0.220 e. The number of carbonyl (C=O) groups is 1. The Labute approximate surface area is 374 Å². The molecule has 0 aliphatic rings. The fourth-order valence-electron chi connectivity index (χ4n) is 7.72. The lowest BCUT2D eigenvalue weighted by molar-refractivity contribution is -0.123. The highest BCUT2D eigenvalue weighted by atomic mass is 16.3. The standard InChI is InChI=1S/C56H101NO3/c1-3-5-7-9-11-13-15-17-18-19-20-21-22-23-24-25-26-27-28-29-30-31-32-33-34-35-36-37-38-40-42-44-46-48-50-52-56(60)57-54(53-58)55(59)51-49-47-45-43-41-39-16-14-12-10-8-6-4-2/h5,7,11,13,17-18,20-21,41,43,49,51,54-55,58-59H,3-4,6,8-10,12,14-16,19,22-40,42,44-48,50,52-53H2,1-2H3,(H,57,60)/b7-5-,13-11-,18-17-,21-20-,43-41+,51-49+. The van der Waals surface area contributed by atoms with Crippen molar-refractivity contribution in [1.82, 2.24) is 5.32 Å². The molecule has 60 heavy (non-hydrogen) atoms. The molecule has 0 aromatic carbocycles. The van der Waals surface area contributed by atoms with Crippen LogP contribution in [0.3, 0.4) is 0 Å². The fraction of sp³-hybridized carbons (Fsp3) is 0.768. The maximum atomic E-state index is 12.4. The van der Waals surface area contributed by atoms with Crippen LogP contribution in [0, 0.1) is 0 Å². The van der Waals surface area contributed by atoms with Crippen molar-refractivity contribution in [3.8, 4) is 0 Å². The zero-order valence-corrected chi connectivity index (χ0v) is 40.0. The van der Waals surface area contributed by atoms with Crippen molar-refractivity contribution < 1.29 is 15.0 Å². The first-order valence-corrected chi connectivity index (χ1v) is 26.2. The number of rotatable bonds is 47. The lowest BCUT2D eigenvalue weighted by Gasteiger charge is -2.19. The van der Waals surface area contributed by atoms with Gasteiger partial charge in [0.1, 0.15) is 0 Å². The summed E-state index contributed by atoms with van der Waals surface area (Å²) < 4.78 is 0. The van der Waals surface area contributed by atoms with Crippen LogP contribution in [0.2, 0.25) is 0 Å². The third-order valence-corrected chi connectivity index (χ3v) is 11.7. The molecule has 348 valence electrons. The average molecular weight is 836 g/mol. The molecule has 0 rings (SSSR count). The summed E-state index contributed by atoms with van der Waals surface area (Å²) in [6, 6.07) is -0.638. The SMILES string of the molecule is CC/C=C\C/C=C\C/C=C\C/C=C\CCCCCCCCCCCCCCCCCCCCCCCCC(=O)NC(CO)C(O)/C=C/CC/C=C/CCCCCCCCC. The van der Waals surface area contributed by atoms with E-state index in [9.17, 15) is 15.0 Å². The molecule has 0 saturated carbocycles. The van der Waals surface area contributed by atoms with Gasteiger partial charge in [-0.1, -0.05) is 254 Å². The summed E-state index contributed by atoms with van der Waals surface area (Å²) in [7, 11) is 0. The number of amides is 1. The molecule has 0 saturated heterocycles. The third kappa shape index (κ3) is 46.9. The van der Waals surface area contributed by atoms with Gasteiger partial charge in [0.2, 0.25) is 5.91 Å². The summed E-state index contributed by atoms with van der Waals surface area (Å²) >= 11 is 0. The molecule has 4 heteroatoms. The number of aliphatic hydroxyl groups excluding tert-OH is 2. The number of allylic oxidation sites excluding steroid dienone is 11. The van der Waals surface area contributed by atoms with Crippen molar-refractivity contribution in [3.63, 3.8) is 0 Å². The summed E-state index contributed by atoms with van der Waals surface area (Å²) in [5.41, 5.74) is 0. The lowest BCUT2D eigenvalue weighted by atomic mass is 10.0. The second-order valence-corrected chi connectivity index (χ2v) is 17.6. The van der Waals surface area contributed by atoms with Crippen molar-refractivity contribution >= 4 is 5.91 Å². The molecule has 0 aromatic rings. The Kier molecular flexibility index (Phi) is 49.3. The molecule has 0 spiro atoms. The molecule has 4 nitrogen and oxygen atoms in total. The van der Waals surface area contributed by atoms with Gasteiger partial charge in [-0.15, -0.1) is 0 Å². The maximum absolute atomic E-state index is 12.4. The Balaban J connectivity index is 3.45. The monoisotopic (exact) mass is 836 g/mol. The molecule has 0 aliphatic carbocycles. The quantitative estimate of drug-likeness (QED) is 0.0422. The van der Waals surface area contributed by atoms with Crippen LogP contribution in [0.1, 0.15) is 258 Å². The van der Waals surface area contributed by atoms with Gasteiger partial charge in [0.25, 0.3) is 0 Å². The van der Waals surface area contributed by atoms with Gasteiger partial charge in [-0.3, -0.25) is 4.79 Å². The van der Waals surface area contributed by atoms with E-state index in [0.29, 0.717) is 6.42 Å². The minimum Gasteiger partial charge on any atom is -0.394 e. The number of hydrogen-bond acceptors (Lipinski definition) is 3. The van der Waals surface area contributed by atoms with Crippen LogP contribution in [0.25, 0.3) is 0 Å². The summed E-state index contributed by atoms with van der Waals surface area (Å²) in [5.74, 6) is -0.0730. The minimum absolute atomic E-state index is 0.0730. The first kappa shape index (κ1) is 57.8. The van der Waals surface area contributed by atoms with E-state index in [4.69, 9.17) is 0 Å². The molecule has 0 fully saturated rings. The highest BCUT2D eigenvalue weighted by molar-refractivity contribution is 5.76. The third-order valence-electron chi connectivity index (χ3n) is 11.7. The van der Waals surface area contributed by atoms with E-state index in [-0.39, 0.29) is 12.5 Å². The second-order valence-electron chi connectivity index (χ2n) is 17.6. The molecule has 0 aliphatic heterocycles. The van der Waals surface area contributed by atoms with Gasteiger partial charge < -0.3 is 15.5 Å². The van der Waals surface area contributed by atoms with Crippen molar-refractivity contribution in [1.29, 1.82) is 0 Å². The molecule has 2 unspecified atom stereocenters. The summed E-state index contributed by atoms with van der Waals surface area (Å²) in [4.78, 5) is 12.4. The van der Waals surface area contributed by atoms with Crippen molar-refractivity contribution in [2.75, 3.05) is 6.61 Å². The molecule has 0 heterocycles. The molecule has 0 radical (unpaired) electrons. The largest absolute Gasteiger partial charge is 0.394 e. The van der Waals surface area contributed by atoms with Crippen molar-refractivity contribution in [2.45, 2.75) is 270 Å². The zero-order chi connectivity index (χ0) is 43.5. The van der Waals surface area contributed by atoms with Crippen LogP contribution in [-0.2, 0) is 4.79 Å². The summed E-state index contributed by atoms with van der Waals surface area (Å²) in [6.07, 6.45) is 73.4. The average Bonchev–Trinajstić information content (AvgIpc) is 3.25. The van der Waals surface area contributed by atoms with Crippen LogP contribution in [0.4, 0.5) is 0 Å². The first-order valence-electron chi connectivity index (χ1n) is 26.2. The Morgan fingerprint density at radius 1 is 0.417 bits per heavy atom. The Morgan fingerprint density at radius 2 is 0.750 bits per heavy atom. The topological polar surface area (TPSA) is 69.6 Å². The Morgan fingerprint density at radius 3 is 1.17 bits per heavy atom. The minimum atomic E-state index is -0.861. The number of nitrogens with one attached hydrogen (secondary N) is 1. The van der Waals surface area contributed by atoms with Crippen LogP contribution in [-0.4, -0.2) is 34.9 Å². The van der Waals surface area contributed by atoms with Crippen LogP contribution in [0.5, 0.6) is 0 Å². The normalized spacial score (nSPS) is 13.5. The Bertz CT molecular complexity index is 1040.